The summed E-state index contributed by atoms with van der Waals surface area (Å²) >= 11 is 0. The summed E-state index contributed by atoms with van der Waals surface area (Å²) in [5.74, 6) is -19.0. The van der Waals surface area contributed by atoms with Gasteiger partial charge in [-0.3, -0.25) is 76.9 Å². The summed E-state index contributed by atoms with van der Waals surface area (Å²) in [5, 5.41) is 43.6. The zero-order chi connectivity index (χ0) is 61.2. The highest BCUT2D eigenvalue weighted by Crippen LogP contribution is 2.26. The van der Waals surface area contributed by atoms with Crippen LogP contribution in [0.3, 0.4) is 0 Å². The fraction of sp³-hybridized carbons (Fsp3) is 0.628. The standard InChI is InChI=1S/C43H68N18O17S4/c44-11-30(65)53-24-15-80-82-16-25-39(75)56-20(9-29(46)64)36(72)54-19(5-6-28(45)63)34(70)51-12-31(66)52-23(33(47)69)14-79-81-17-26(60-38(24)74)40(76)58-22(13-62)37(73)57-21(10-32(67)68)42(78)61-8-2-4-27(61)41(77)55-18(35(71)59-25)3-1-7-50-43(48)49/h18-27,62H,1-17,44H2,(H2,45,63)(H2,46,64)(H2,47,69)(H,51,70)(H,52,66)(H,53,65)(H,54,72)(H,55,77)(H,56,75)(H,57,73)(H,58,76)(H,59,71)(H,60,74)(H,67,68)(H4,48,49,50)/t18-,19-,20-,21-,22-,23-,24-,25-,26-,27-/m0/s1. The highest BCUT2D eigenvalue weighted by Gasteiger charge is 2.41. The molecule has 0 saturated carbocycles. The minimum Gasteiger partial charge on any atom is -0.481 e. The Morgan fingerprint density at radius 1 is 0.610 bits per heavy atom. The number of amides is 14. The number of hydrogen-bond acceptors (Lipinski definition) is 22. The van der Waals surface area contributed by atoms with Gasteiger partial charge < -0.3 is 103 Å². The van der Waals surface area contributed by atoms with Crippen molar-refractivity contribution in [1.29, 1.82) is 0 Å². The highest BCUT2D eigenvalue weighted by molar-refractivity contribution is 8.77. The Morgan fingerprint density at radius 3 is 1.74 bits per heavy atom. The number of carboxylic acids is 1. The number of carbonyl (C=O) groups is 15. The molecule has 82 heavy (non-hydrogen) atoms. The van der Waals surface area contributed by atoms with Crippen molar-refractivity contribution >= 4 is 138 Å². The molecular formula is C43H68N18O17S4. The molecule has 3 aliphatic rings. The van der Waals surface area contributed by atoms with E-state index in [1.54, 1.807) is 0 Å². The number of fused-ring (bicyclic) bond motifs is 9. The van der Waals surface area contributed by atoms with Gasteiger partial charge in [-0.1, -0.05) is 43.2 Å². The van der Waals surface area contributed by atoms with Gasteiger partial charge in [0.1, 0.15) is 60.4 Å². The normalized spacial score (nSPS) is 26.7. The van der Waals surface area contributed by atoms with E-state index in [1.807, 2.05) is 0 Å². The van der Waals surface area contributed by atoms with Crippen molar-refractivity contribution in [3.63, 3.8) is 0 Å². The SMILES string of the molecule is NCC(=O)N[C@H]1CSSC[C@@H]2NC(=O)[C@H](CCCN=C(N)N)NC(=O)[C@@H]3CCCN3C(=O)[C@H](CC(=O)O)NC(=O)[C@H](CO)NC(=O)[C@H](CSSC[C@@H](C(N)=O)NC(=O)CNC(=O)[C@H](CCC(N)=O)NC(=O)[C@H](CC(N)=O)NC2=O)NC1=O. The van der Waals surface area contributed by atoms with Crippen LogP contribution in [0, 0.1) is 0 Å². The van der Waals surface area contributed by atoms with Gasteiger partial charge in [0.2, 0.25) is 82.7 Å². The van der Waals surface area contributed by atoms with E-state index in [9.17, 15) is 82.1 Å². The molecule has 24 N–H and O–H groups in total. The molecule has 0 aromatic rings. The molecule has 3 aliphatic heterocycles. The highest BCUT2D eigenvalue weighted by atomic mass is 33.1. The first kappa shape index (κ1) is 68.9. The molecule has 456 valence electrons. The van der Waals surface area contributed by atoms with Gasteiger partial charge in [0, 0.05) is 42.5 Å². The van der Waals surface area contributed by atoms with Gasteiger partial charge in [0.25, 0.3) is 0 Å². The Labute approximate surface area is 483 Å². The van der Waals surface area contributed by atoms with Gasteiger partial charge in [-0.15, -0.1) is 0 Å². The van der Waals surface area contributed by atoms with Crippen LogP contribution in [0.4, 0.5) is 0 Å². The third-order valence-electron chi connectivity index (χ3n) is 11.9. The second kappa shape index (κ2) is 34.8. The number of nitrogens with two attached hydrogens (primary N) is 6. The molecule has 0 unspecified atom stereocenters. The molecule has 3 fully saturated rings. The topological polar surface area (TPSA) is 589 Å². The van der Waals surface area contributed by atoms with E-state index in [4.69, 9.17) is 34.4 Å². The predicted molar refractivity (Wildman–Crippen MR) is 295 cm³/mol. The van der Waals surface area contributed by atoms with Crippen molar-refractivity contribution in [3.8, 4) is 0 Å². The Kier molecular flexibility index (Phi) is 29.3. The van der Waals surface area contributed by atoms with Crippen molar-refractivity contribution in [3.05, 3.63) is 0 Å². The fourth-order valence-corrected chi connectivity index (χ4v) is 12.4. The zero-order valence-corrected chi connectivity index (χ0v) is 47.1. The first-order chi connectivity index (χ1) is 38.7. The van der Waals surface area contributed by atoms with E-state index in [0.29, 0.717) is 0 Å². The number of hydrogen-bond donors (Lipinski definition) is 18. The molecule has 3 heterocycles. The molecule has 3 rings (SSSR count). The molecular weight excluding hydrogens is 1170 g/mol. The van der Waals surface area contributed by atoms with Crippen molar-refractivity contribution in [2.45, 2.75) is 112 Å². The maximum Gasteiger partial charge on any atom is 0.305 e. The third kappa shape index (κ3) is 23.6. The second-order valence-electron chi connectivity index (χ2n) is 18.2. The van der Waals surface area contributed by atoms with Crippen LogP contribution in [0.25, 0.3) is 0 Å². The lowest BCUT2D eigenvalue weighted by molar-refractivity contribution is -0.146. The number of rotatable bonds is 15. The Hall–Kier alpha value is -7.36. The zero-order valence-electron chi connectivity index (χ0n) is 43.8. The minimum atomic E-state index is -1.95. The largest absolute Gasteiger partial charge is 0.481 e. The molecule has 0 aromatic heterocycles. The average Bonchev–Trinajstić information content (AvgIpc) is 3.97. The van der Waals surface area contributed by atoms with Crippen LogP contribution in [0.2, 0.25) is 0 Å². The number of nitrogens with one attached hydrogen (secondary N) is 10. The molecule has 0 aromatic carbocycles. The lowest BCUT2D eigenvalue weighted by atomic mass is 10.1. The second-order valence-corrected chi connectivity index (χ2v) is 23.3. The van der Waals surface area contributed by atoms with E-state index in [-0.39, 0.29) is 50.5 Å². The molecule has 0 aliphatic carbocycles. The van der Waals surface area contributed by atoms with Crippen LogP contribution in [0.15, 0.2) is 4.99 Å². The van der Waals surface area contributed by atoms with Gasteiger partial charge in [-0.05, 0) is 32.1 Å². The fourth-order valence-electron chi connectivity index (χ4n) is 7.71. The van der Waals surface area contributed by atoms with Crippen LogP contribution in [-0.2, 0) is 71.9 Å². The van der Waals surface area contributed by atoms with Crippen LogP contribution in [0.1, 0.15) is 51.4 Å². The minimum absolute atomic E-state index is 0.0133. The van der Waals surface area contributed by atoms with Crippen molar-refractivity contribution < 1.29 is 82.1 Å². The number of aliphatic imine (C=N–C) groups is 1. The van der Waals surface area contributed by atoms with Crippen molar-refractivity contribution in [1.82, 2.24) is 58.1 Å². The summed E-state index contributed by atoms with van der Waals surface area (Å²) in [7, 11) is 3.20. The van der Waals surface area contributed by atoms with Crippen LogP contribution >= 0.6 is 43.2 Å². The Balaban J connectivity index is 2.32. The molecule has 0 spiro atoms. The number of carbonyl (C=O) groups excluding carboxylic acids is 14. The summed E-state index contributed by atoms with van der Waals surface area (Å²) in [6.45, 7) is -2.98. The summed E-state index contributed by atoms with van der Waals surface area (Å²) < 4.78 is 0. The Bertz CT molecular complexity index is 2440. The number of carboxylic acid groups (broad SMARTS) is 1. The monoisotopic (exact) mass is 1240 g/mol. The summed E-state index contributed by atoms with van der Waals surface area (Å²) in [4.78, 5) is 206. The first-order valence-corrected chi connectivity index (χ1v) is 29.9. The lowest BCUT2D eigenvalue weighted by Crippen LogP contribution is -2.61. The lowest BCUT2D eigenvalue weighted by Gasteiger charge is -2.30. The molecule has 39 heteroatoms. The maximum absolute atomic E-state index is 14.5. The van der Waals surface area contributed by atoms with Crippen LogP contribution < -0.4 is 87.6 Å². The first-order valence-electron chi connectivity index (χ1n) is 25.0. The van der Waals surface area contributed by atoms with Crippen LogP contribution in [-0.4, -0.2) is 226 Å². The summed E-state index contributed by atoms with van der Waals surface area (Å²) in [5.41, 5.74) is 32.9. The Morgan fingerprint density at radius 2 is 1.16 bits per heavy atom. The van der Waals surface area contributed by atoms with Gasteiger partial charge >= 0.3 is 5.97 Å². The molecule has 3 saturated heterocycles. The number of aliphatic hydroxyl groups is 1. The number of nitrogens with zero attached hydrogens (tertiary/aromatic N) is 2. The number of aliphatic hydroxyl groups excluding tert-OH is 1. The number of aliphatic carboxylic acids is 1. The van der Waals surface area contributed by atoms with Crippen LogP contribution in [0.5, 0.6) is 0 Å². The van der Waals surface area contributed by atoms with Crippen molar-refractivity contribution in [2.75, 3.05) is 55.8 Å². The molecule has 2 bridgehead atoms. The third-order valence-corrected chi connectivity index (χ3v) is 16.7. The molecule has 14 amide bonds. The van der Waals surface area contributed by atoms with E-state index in [0.717, 1.165) is 48.1 Å². The van der Waals surface area contributed by atoms with Gasteiger partial charge in [-0.2, -0.15) is 0 Å². The summed E-state index contributed by atoms with van der Waals surface area (Å²) in [6, 6.07) is -17.1. The number of guanidine groups is 1. The van der Waals surface area contributed by atoms with E-state index >= 15 is 0 Å². The predicted octanol–water partition coefficient (Wildman–Crippen LogP) is -10.6. The van der Waals surface area contributed by atoms with Gasteiger partial charge in [0.15, 0.2) is 5.96 Å². The number of primary amides is 3. The van der Waals surface area contributed by atoms with Crippen molar-refractivity contribution in [2.24, 2.45) is 39.4 Å². The van der Waals surface area contributed by atoms with E-state index in [1.165, 1.54) is 0 Å². The summed E-state index contributed by atoms with van der Waals surface area (Å²) in [6.07, 6.45) is -3.24. The van der Waals surface area contributed by atoms with E-state index < -0.39 is 212 Å². The smallest absolute Gasteiger partial charge is 0.305 e. The molecule has 35 nitrogen and oxygen atoms in total. The maximum atomic E-state index is 14.5. The quantitative estimate of drug-likeness (QED) is 0.0313. The molecule has 0 radical (unpaired) electrons. The van der Waals surface area contributed by atoms with Gasteiger partial charge in [-0.25, -0.2) is 0 Å². The van der Waals surface area contributed by atoms with E-state index in [2.05, 4.69) is 58.2 Å². The average molecular weight is 1240 g/mol. The molecule has 10 atom stereocenters. The van der Waals surface area contributed by atoms with Gasteiger partial charge in [0.05, 0.1) is 32.5 Å².